The molecule has 0 saturated heterocycles. The van der Waals surface area contributed by atoms with E-state index in [0.29, 0.717) is 18.9 Å². The highest BCUT2D eigenvalue weighted by Crippen LogP contribution is 2.31. The zero-order valence-corrected chi connectivity index (χ0v) is 10.8. The Kier molecular flexibility index (Phi) is 4.32. The summed E-state index contributed by atoms with van der Waals surface area (Å²) >= 11 is 0. The molecular weight excluding hydrogens is 226 g/mol. The highest BCUT2D eigenvalue weighted by atomic mass is 32.2. The fourth-order valence-electron chi connectivity index (χ4n) is 1.63. The van der Waals surface area contributed by atoms with E-state index in [1.807, 2.05) is 13.8 Å². The van der Waals surface area contributed by atoms with E-state index in [0.717, 1.165) is 12.8 Å². The van der Waals surface area contributed by atoms with E-state index >= 15 is 0 Å². The average Bonchev–Trinajstić information content (AvgIpc) is 2.85. The van der Waals surface area contributed by atoms with E-state index in [4.69, 9.17) is 11.1 Å². The van der Waals surface area contributed by atoms with E-state index in [9.17, 15) is 8.42 Å². The first kappa shape index (κ1) is 13.4. The Balaban J connectivity index is 2.63. The molecule has 16 heavy (non-hydrogen) atoms. The molecule has 0 bridgehead atoms. The summed E-state index contributed by atoms with van der Waals surface area (Å²) in [6.07, 6.45) is 2.36. The lowest BCUT2D eigenvalue weighted by Gasteiger charge is -2.25. The van der Waals surface area contributed by atoms with Crippen LogP contribution in [0.3, 0.4) is 0 Å². The number of hydrogen-bond acceptors (Lipinski definition) is 3. The maximum absolute atomic E-state index is 12.0. The Hall–Kier alpha value is -0.620. The third-order valence-corrected chi connectivity index (χ3v) is 4.89. The van der Waals surface area contributed by atoms with Crippen LogP contribution in [0.4, 0.5) is 0 Å². The molecular formula is C10H21N3O2S. The van der Waals surface area contributed by atoms with E-state index in [2.05, 4.69) is 0 Å². The van der Waals surface area contributed by atoms with Crippen LogP contribution >= 0.6 is 0 Å². The van der Waals surface area contributed by atoms with Gasteiger partial charge in [0.2, 0.25) is 10.0 Å². The predicted molar refractivity (Wildman–Crippen MR) is 64.9 cm³/mol. The maximum Gasteiger partial charge on any atom is 0.214 e. The minimum atomic E-state index is -3.17. The second-order valence-corrected chi connectivity index (χ2v) is 6.67. The first-order valence-corrected chi connectivity index (χ1v) is 7.26. The molecule has 1 aliphatic carbocycles. The van der Waals surface area contributed by atoms with Gasteiger partial charge in [0.05, 0.1) is 11.6 Å². The molecule has 1 fully saturated rings. The molecule has 6 heteroatoms. The molecule has 1 aliphatic rings. The van der Waals surface area contributed by atoms with Crippen LogP contribution in [-0.4, -0.2) is 36.9 Å². The van der Waals surface area contributed by atoms with Crippen molar-refractivity contribution in [3.8, 4) is 0 Å². The Morgan fingerprint density at radius 1 is 1.50 bits per heavy atom. The fraction of sp³-hybridized carbons (Fsp3) is 0.900. The second-order valence-electron chi connectivity index (χ2n) is 4.70. The molecule has 0 radical (unpaired) electrons. The van der Waals surface area contributed by atoms with Gasteiger partial charge in [-0.1, -0.05) is 0 Å². The van der Waals surface area contributed by atoms with Crippen LogP contribution in [-0.2, 0) is 10.0 Å². The smallest absolute Gasteiger partial charge is 0.214 e. The van der Waals surface area contributed by atoms with E-state index in [1.54, 1.807) is 0 Å². The third kappa shape index (κ3) is 4.09. The molecule has 0 aromatic heterocycles. The summed E-state index contributed by atoms with van der Waals surface area (Å²) < 4.78 is 25.6. The first-order chi connectivity index (χ1) is 7.33. The predicted octanol–water partition coefficient (Wildman–Crippen LogP) is 0.763. The molecule has 1 saturated carbocycles. The summed E-state index contributed by atoms with van der Waals surface area (Å²) in [5.74, 6) is 0.638. The molecule has 1 rings (SSSR count). The molecule has 0 spiro atoms. The summed E-state index contributed by atoms with van der Waals surface area (Å²) in [4.78, 5) is 0. The Morgan fingerprint density at radius 3 is 2.44 bits per heavy atom. The Labute approximate surface area is 97.6 Å². The molecule has 3 N–H and O–H groups in total. The summed E-state index contributed by atoms with van der Waals surface area (Å²) in [7, 11) is -3.17. The molecule has 0 aromatic carbocycles. The maximum atomic E-state index is 12.0. The number of amidine groups is 1. The quantitative estimate of drug-likeness (QED) is 0.514. The first-order valence-electron chi connectivity index (χ1n) is 5.65. The van der Waals surface area contributed by atoms with Crippen LogP contribution in [0.15, 0.2) is 0 Å². The van der Waals surface area contributed by atoms with E-state index in [-0.39, 0.29) is 17.6 Å². The van der Waals surface area contributed by atoms with Gasteiger partial charge in [0.25, 0.3) is 0 Å². The largest absolute Gasteiger partial charge is 0.388 e. The van der Waals surface area contributed by atoms with Gasteiger partial charge in [-0.15, -0.1) is 0 Å². The highest BCUT2D eigenvalue weighted by Gasteiger charge is 2.32. The second kappa shape index (κ2) is 5.14. The zero-order valence-electron chi connectivity index (χ0n) is 9.94. The molecule has 0 atom stereocenters. The van der Waals surface area contributed by atoms with Crippen LogP contribution in [0.1, 0.15) is 33.1 Å². The van der Waals surface area contributed by atoms with Crippen molar-refractivity contribution in [3.63, 3.8) is 0 Å². The third-order valence-electron chi connectivity index (χ3n) is 2.68. The lowest BCUT2D eigenvalue weighted by molar-refractivity contribution is 0.361. The van der Waals surface area contributed by atoms with Crippen molar-refractivity contribution < 1.29 is 8.42 Å². The van der Waals surface area contributed by atoms with Crippen LogP contribution in [0.5, 0.6) is 0 Å². The van der Waals surface area contributed by atoms with Crippen molar-refractivity contribution in [2.75, 3.05) is 12.3 Å². The molecule has 0 heterocycles. The van der Waals surface area contributed by atoms with Crippen LogP contribution in [0.25, 0.3) is 0 Å². The van der Waals surface area contributed by atoms with Crippen molar-refractivity contribution in [3.05, 3.63) is 0 Å². The van der Waals surface area contributed by atoms with Crippen LogP contribution < -0.4 is 5.73 Å². The van der Waals surface area contributed by atoms with Gasteiger partial charge in [-0.25, -0.2) is 8.42 Å². The van der Waals surface area contributed by atoms with Gasteiger partial charge in [0, 0.05) is 19.0 Å². The van der Waals surface area contributed by atoms with E-state index in [1.165, 1.54) is 4.31 Å². The summed E-state index contributed by atoms with van der Waals surface area (Å²) in [5.41, 5.74) is 5.26. The monoisotopic (exact) mass is 247 g/mol. The number of rotatable bonds is 7. The lowest BCUT2D eigenvalue weighted by atomic mass is 10.3. The zero-order chi connectivity index (χ0) is 12.3. The van der Waals surface area contributed by atoms with Crippen molar-refractivity contribution in [1.29, 1.82) is 5.41 Å². The normalized spacial score (nSPS) is 17.0. The molecule has 0 amide bonds. The van der Waals surface area contributed by atoms with Gasteiger partial charge in [-0.05, 0) is 32.6 Å². The molecule has 0 unspecified atom stereocenters. The van der Waals surface area contributed by atoms with Gasteiger partial charge < -0.3 is 5.73 Å². The summed E-state index contributed by atoms with van der Waals surface area (Å²) in [5, 5.41) is 7.14. The summed E-state index contributed by atoms with van der Waals surface area (Å²) in [6, 6.07) is -0.0666. The van der Waals surface area contributed by atoms with Gasteiger partial charge in [0.15, 0.2) is 0 Å². The lowest BCUT2D eigenvalue weighted by Crippen LogP contribution is -2.40. The standard InChI is InChI=1S/C10H21N3O2S/c1-8(2)13(6-5-10(11)12)16(14,15)7-9-3-4-9/h8-9H,3-7H2,1-2H3,(H3,11,12). The Morgan fingerprint density at radius 2 is 2.06 bits per heavy atom. The van der Waals surface area contributed by atoms with Gasteiger partial charge in [-0.2, -0.15) is 4.31 Å². The van der Waals surface area contributed by atoms with Crippen molar-refractivity contribution in [2.45, 2.75) is 39.2 Å². The minimum Gasteiger partial charge on any atom is -0.388 e. The number of nitrogens with zero attached hydrogens (tertiary/aromatic N) is 1. The molecule has 94 valence electrons. The van der Waals surface area contributed by atoms with Crippen molar-refractivity contribution in [2.24, 2.45) is 11.7 Å². The van der Waals surface area contributed by atoms with Crippen LogP contribution in [0, 0.1) is 11.3 Å². The highest BCUT2D eigenvalue weighted by molar-refractivity contribution is 7.89. The van der Waals surface area contributed by atoms with E-state index < -0.39 is 10.0 Å². The van der Waals surface area contributed by atoms with Crippen molar-refractivity contribution >= 4 is 15.9 Å². The number of hydrogen-bond donors (Lipinski definition) is 2. The number of nitrogens with two attached hydrogens (primary N) is 1. The number of sulfonamides is 1. The SMILES string of the molecule is CC(C)N(CCC(=N)N)S(=O)(=O)CC1CC1. The minimum absolute atomic E-state index is 0.0345. The Bertz CT molecular complexity index is 347. The van der Waals surface area contributed by atoms with Gasteiger partial charge in [-0.3, -0.25) is 5.41 Å². The van der Waals surface area contributed by atoms with Crippen LogP contribution in [0.2, 0.25) is 0 Å². The average molecular weight is 247 g/mol. The number of nitrogens with one attached hydrogen (secondary N) is 1. The topological polar surface area (TPSA) is 87.2 Å². The molecule has 0 aliphatic heterocycles. The summed E-state index contributed by atoms with van der Waals surface area (Å²) in [6.45, 7) is 4.03. The van der Waals surface area contributed by atoms with Gasteiger partial charge in [0.1, 0.15) is 0 Å². The van der Waals surface area contributed by atoms with Gasteiger partial charge >= 0.3 is 0 Å². The van der Waals surface area contributed by atoms with Crippen molar-refractivity contribution in [1.82, 2.24) is 4.31 Å². The molecule has 5 nitrogen and oxygen atoms in total. The molecule has 0 aromatic rings. The fourth-order valence-corrected chi connectivity index (χ4v) is 3.76.